The van der Waals surface area contributed by atoms with Crippen molar-refractivity contribution in [1.82, 2.24) is 15.7 Å². The predicted molar refractivity (Wildman–Crippen MR) is 130 cm³/mol. The van der Waals surface area contributed by atoms with Crippen molar-refractivity contribution < 1.29 is 34.2 Å². The molecule has 0 saturated heterocycles. The SMILES string of the molecule is COCCOCCNC(=O)[C@@H](NC(=O)C[C@H](O)C(=O)N(O)CC#Cc1ccc(Cl)cc1)C(C)(C)C. The summed E-state index contributed by atoms with van der Waals surface area (Å²) in [4.78, 5) is 37.2. The van der Waals surface area contributed by atoms with Crippen LogP contribution in [-0.4, -0.2) is 85.3 Å². The fraction of sp³-hybridized carbons (Fsp3) is 0.542. The molecular weight excluding hydrogens is 478 g/mol. The number of carbonyl (C=O) groups is 3. The molecule has 0 spiro atoms. The number of halogens is 1. The summed E-state index contributed by atoms with van der Waals surface area (Å²) >= 11 is 5.80. The molecule has 11 heteroatoms. The molecule has 10 nitrogen and oxygen atoms in total. The molecule has 0 aliphatic rings. The Labute approximate surface area is 210 Å². The Morgan fingerprint density at radius 3 is 2.40 bits per heavy atom. The molecule has 1 rings (SSSR count). The molecule has 1 aromatic rings. The summed E-state index contributed by atoms with van der Waals surface area (Å²) in [7, 11) is 1.56. The Morgan fingerprint density at radius 1 is 1.14 bits per heavy atom. The lowest BCUT2D eigenvalue weighted by Gasteiger charge is -2.30. The van der Waals surface area contributed by atoms with Gasteiger partial charge in [-0.25, -0.2) is 5.06 Å². The number of nitrogens with one attached hydrogen (secondary N) is 2. The number of nitrogens with zero attached hydrogens (tertiary/aromatic N) is 1. The Hall–Kier alpha value is -2.68. The van der Waals surface area contributed by atoms with E-state index >= 15 is 0 Å². The minimum atomic E-state index is -1.81. The number of methoxy groups -OCH3 is 1. The first-order chi connectivity index (χ1) is 16.5. The third-order valence-electron chi connectivity index (χ3n) is 4.63. The maximum atomic E-state index is 12.6. The standard InChI is InChI=1S/C24H34ClN3O7/c1-24(2,3)21(22(31)26-11-13-35-15-14-34-4)27-20(30)16-19(29)23(32)28(33)12-5-6-17-7-9-18(25)10-8-17/h7-10,19,21,29,33H,11-16H2,1-4H3,(H,26,31)(H,27,30)/t19-,21+/m0/s1. The van der Waals surface area contributed by atoms with E-state index < -0.39 is 41.7 Å². The van der Waals surface area contributed by atoms with Crippen molar-refractivity contribution in [3.05, 3.63) is 34.9 Å². The number of rotatable bonds is 12. The lowest BCUT2D eigenvalue weighted by molar-refractivity contribution is -0.173. The molecule has 0 aliphatic carbocycles. The van der Waals surface area contributed by atoms with Gasteiger partial charge in [0.2, 0.25) is 11.8 Å². The quantitative estimate of drug-likeness (QED) is 0.142. The summed E-state index contributed by atoms with van der Waals surface area (Å²) in [5.74, 6) is 3.09. The van der Waals surface area contributed by atoms with Gasteiger partial charge in [-0.3, -0.25) is 19.6 Å². The van der Waals surface area contributed by atoms with Gasteiger partial charge in [-0.05, 0) is 29.7 Å². The van der Waals surface area contributed by atoms with Gasteiger partial charge in [0.05, 0.1) is 26.2 Å². The number of amides is 3. The van der Waals surface area contributed by atoms with Crippen molar-refractivity contribution in [2.24, 2.45) is 5.41 Å². The summed E-state index contributed by atoms with van der Waals surface area (Å²) in [5, 5.41) is 26.0. The average Bonchev–Trinajstić information content (AvgIpc) is 2.79. The normalized spacial score (nSPS) is 12.7. The summed E-state index contributed by atoms with van der Waals surface area (Å²) in [6.07, 6.45) is -2.45. The minimum Gasteiger partial charge on any atom is -0.383 e. The molecule has 1 aromatic carbocycles. The van der Waals surface area contributed by atoms with E-state index in [4.69, 9.17) is 21.1 Å². The molecular formula is C24H34ClN3O7. The molecule has 4 N–H and O–H groups in total. The third-order valence-corrected chi connectivity index (χ3v) is 4.89. The van der Waals surface area contributed by atoms with Crippen LogP contribution in [0.3, 0.4) is 0 Å². The number of hydroxylamine groups is 2. The maximum Gasteiger partial charge on any atom is 0.276 e. The zero-order valence-electron chi connectivity index (χ0n) is 20.5. The molecule has 0 bridgehead atoms. The summed E-state index contributed by atoms with van der Waals surface area (Å²) < 4.78 is 10.2. The first-order valence-electron chi connectivity index (χ1n) is 11.0. The van der Waals surface area contributed by atoms with Gasteiger partial charge >= 0.3 is 0 Å². The van der Waals surface area contributed by atoms with Crippen molar-refractivity contribution in [3.63, 3.8) is 0 Å². The number of ether oxygens (including phenoxy) is 2. The number of aliphatic hydroxyl groups is 1. The highest BCUT2D eigenvalue weighted by atomic mass is 35.5. The Balaban J connectivity index is 2.57. The highest BCUT2D eigenvalue weighted by molar-refractivity contribution is 6.30. The smallest absolute Gasteiger partial charge is 0.276 e. The number of carbonyl (C=O) groups excluding carboxylic acids is 3. The van der Waals surface area contributed by atoms with Gasteiger partial charge in [0.15, 0.2) is 0 Å². The van der Waals surface area contributed by atoms with Crippen LogP contribution in [0.2, 0.25) is 5.02 Å². The molecule has 3 amide bonds. The van der Waals surface area contributed by atoms with Crippen molar-refractivity contribution in [2.45, 2.75) is 39.3 Å². The summed E-state index contributed by atoms with van der Waals surface area (Å²) in [6.45, 7) is 6.28. The molecule has 0 aromatic heterocycles. The van der Waals surface area contributed by atoms with Crippen LogP contribution in [0.5, 0.6) is 0 Å². The fourth-order valence-electron chi connectivity index (χ4n) is 2.75. The van der Waals surface area contributed by atoms with Gasteiger partial charge in [0, 0.05) is 24.2 Å². The fourth-order valence-corrected chi connectivity index (χ4v) is 2.88. The average molecular weight is 512 g/mol. The molecule has 0 heterocycles. The predicted octanol–water partition coefficient (Wildman–Crippen LogP) is 0.970. The van der Waals surface area contributed by atoms with Crippen molar-refractivity contribution >= 4 is 29.3 Å². The topological polar surface area (TPSA) is 137 Å². The van der Waals surface area contributed by atoms with Crippen molar-refractivity contribution in [2.75, 3.05) is 40.0 Å². The Bertz CT molecular complexity index is 891. The lowest BCUT2D eigenvalue weighted by Crippen LogP contribution is -2.54. The summed E-state index contributed by atoms with van der Waals surface area (Å²) in [5.41, 5.74) is -0.0190. The second-order valence-corrected chi connectivity index (χ2v) is 9.12. The molecule has 0 radical (unpaired) electrons. The molecule has 0 saturated carbocycles. The Kier molecular flexibility index (Phi) is 13.3. The molecule has 194 valence electrons. The first kappa shape index (κ1) is 30.4. The van der Waals surface area contributed by atoms with E-state index in [-0.39, 0.29) is 24.8 Å². The van der Waals surface area contributed by atoms with Crippen LogP contribution >= 0.6 is 11.6 Å². The molecule has 2 atom stereocenters. The largest absolute Gasteiger partial charge is 0.383 e. The van der Waals surface area contributed by atoms with Crippen LogP contribution in [0, 0.1) is 17.3 Å². The highest BCUT2D eigenvalue weighted by Gasteiger charge is 2.33. The lowest BCUT2D eigenvalue weighted by atomic mass is 9.86. The molecule has 0 fully saturated rings. The van der Waals surface area contributed by atoms with E-state index in [0.29, 0.717) is 23.8 Å². The molecule has 35 heavy (non-hydrogen) atoms. The van der Waals surface area contributed by atoms with Gasteiger partial charge in [-0.15, -0.1) is 0 Å². The monoisotopic (exact) mass is 511 g/mol. The Morgan fingerprint density at radius 2 is 1.80 bits per heavy atom. The van der Waals surface area contributed by atoms with Crippen LogP contribution in [-0.2, 0) is 23.9 Å². The number of hydrogen-bond acceptors (Lipinski definition) is 7. The molecule has 0 aliphatic heterocycles. The second kappa shape index (κ2) is 15.3. The molecule has 0 unspecified atom stereocenters. The minimum absolute atomic E-state index is 0.235. The first-order valence-corrected chi connectivity index (χ1v) is 11.4. The van der Waals surface area contributed by atoms with E-state index in [1.807, 2.05) is 0 Å². The maximum absolute atomic E-state index is 12.6. The zero-order valence-corrected chi connectivity index (χ0v) is 21.2. The van der Waals surface area contributed by atoms with Crippen LogP contribution < -0.4 is 10.6 Å². The van der Waals surface area contributed by atoms with Crippen LogP contribution in [0.25, 0.3) is 0 Å². The third kappa shape index (κ3) is 12.0. The van der Waals surface area contributed by atoms with Gasteiger partial charge in [-0.2, -0.15) is 0 Å². The van der Waals surface area contributed by atoms with E-state index in [1.165, 1.54) is 0 Å². The van der Waals surface area contributed by atoms with E-state index in [9.17, 15) is 24.7 Å². The second-order valence-electron chi connectivity index (χ2n) is 8.69. The van der Waals surface area contributed by atoms with E-state index in [2.05, 4.69) is 22.5 Å². The van der Waals surface area contributed by atoms with Crippen LogP contribution in [0.1, 0.15) is 32.8 Å². The number of hydrogen-bond donors (Lipinski definition) is 4. The van der Waals surface area contributed by atoms with Gasteiger partial charge in [0.1, 0.15) is 18.7 Å². The summed E-state index contributed by atoms with van der Waals surface area (Å²) in [6, 6.07) is 5.73. The number of benzene rings is 1. The van der Waals surface area contributed by atoms with E-state index in [0.717, 1.165) is 0 Å². The van der Waals surface area contributed by atoms with Gasteiger partial charge < -0.3 is 25.2 Å². The van der Waals surface area contributed by atoms with Gasteiger partial charge in [0.25, 0.3) is 5.91 Å². The zero-order chi connectivity index (χ0) is 26.4. The number of aliphatic hydroxyl groups excluding tert-OH is 1. The van der Waals surface area contributed by atoms with E-state index in [1.54, 1.807) is 52.1 Å². The van der Waals surface area contributed by atoms with Crippen LogP contribution in [0.15, 0.2) is 24.3 Å². The highest BCUT2D eigenvalue weighted by Crippen LogP contribution is 2.19. The van der Waals surface area contributed by atoms with Crippen LogP contribution in [0.4, 0.5) is 0 Å². The van der Waals surface area contributed by atoms with Crippen molar-refractivity contribution in [1.29, 1.82) is 0 Å². The van der Waals surface area contributed by atoms with Gasteiger partial charge in [-0.1, -0.05) is 44.2 Å². The van der Waals surface area contributed by atoms with Crippen molar-refractivity contribution in [3.8, 4) is 11.8 Å².